The van der Waals surface area contributed by atoms with Crippen LogP contribution < -0.4 is 0 Å². The number of hydrogen-bond donors (Lipinski definition) is 0. The minimum Gasteiger partial charge on any atom is -0.370 e. The van der Waals surface area contributed by atoms with Gasteiger partial charge in [0.05, 0.1) is 6.61 Å². The molecule has 7 heteroatoms. The Hall–Kier alpha value is -0.830. The standard InChI is InChI=1S/C13H13F3INO2/c14-13(15,16)8-20-6-5-18-4-3-9-1-2-10(17)7-11(9)12(18)19/h1-2,7H,3-6,8H2. The van der Waals surface area contributed by atoms with E-state index in [4.69, 9.17) is 0 Å². The number of rotatable bonds is 4. The van der Waals surface area contributed by atoms with Gasteiger partial charge in [-0.05, 0) is 46.7 Å². The summed E-state index contributed by atoms with van der Waals surface area (Å²) in [6, 6.07) is 5.67. The zero-order valence-corrected chi connectivity index (χ0v) is 12.7. The van der Waals surface area contributed by atoms with Crippen LogP contribution in [0.15, 0.2) is 18.2 Å². The predicted octanol–water partition coefficient (Wildman–Crippen LogP) is 2.87. The van der Waals surface area contributed by atoms with Crippen LogP contribution in [0, 0.1) is 3.57 Å². The number of benzene rings is 1. The molecule has 3 nitrogen and oxygen atoms in total. The van der Waals surface area contributed by atoms with Gasteiger partial charge in [-0.25, -0.2) is 0 Å². The van der Waals surface area contributed by atoms with E-state index in [1.807, 2.05) is 12.1 Å². The number of halogens is 4. The summed E-state index contributed by atoms with van der Waals surface area (Å²) in [6.07, 6.45) is -3.61. The van der Waals surface area contributed by atoms with Gasteiger partial charge in [-0.1, -0.05) is 6.07 Å². The van der Waals surface area contributed by atoms with Gasteiger partial charge in [-0.15, -0.1) is 0 Å². The zero-order valence-electron chi connectivity index (χ0n) is 10.5. The topological polar surface area (TPSA) is 29.5 Å². The summed E-state index contributed by atoms with van der Waals surface area (Å²) in [6.45, 7) is -0.685. The zero-order chi connectivity index (χ0) is 14.8. The molecule has 0 aromatic heterocycles. The molecule has 0 aliphatic carbocycles. The molecule has 0 bridgehead atoms. The van der Waals surface area contributed by atoms with Crippen molar-refractivity contribution in [2.24, 2.45) is 0 Å². The molecular formula is C13H13F3INO2. The molecule has 2 rings (SSSR count). The summed E-state index contributed by atoms with van der Waals surface area (Å²) >= 11 is 2.13. The van der Waals surface area contributed by atoms with Crippen molar-refractivity contribution in [3.05, 3.63) is 32.9 Å². The molecule has 1 aliphatic rings. The number of nitrogens with zero attached hydrogens (tertiary/aromatic N) is 1. The van der Waals surface area contributed by atoms with Crippen molar-refractivity contribution in [2.75, 3.05) is 26.3 Å². The fourth-order valence-electron chi connectivity index (χ4n) is 2.07. The molecule has 20 heavy (non-hydrogen) atoms. The van der Waals surface area contributed by atoms with Crippen LogP contribution in [-0.2, 0) is 11.2 Å². The van der Waals surface area contributed by atoms with Crippen molar-refractivity contribution < 1.29 is 22.7 Å². The summed E-state index contributed by atoms with van der Waals surface area (Å²) in [5.74, 6) is -0.139. The molecule has 1 heterocycles. The monoisotopic (exact) mass is 399 g/mol. The summed E-state index contributed by atoms with van der Waals surface area (Å²) in [4.78, 5) is 13.7. The van der Waals surface area contributed by atoms with Crippen LogP contribution in [-0.4, -0.2) is 43.3 Å². The Balaban J connectivity index is 1.91. The van der Waals surface area contributed by atoms with Gasteiger partial charge in [0.15, 0.2) is 0 Å². The Kier molecular flexibility index (Phi) is 4.90. The quantitative estimate of drug-likeness (QED) is 0.576. The van der Waals surface area contributed by atoms with E-state index in [1.54, 1.807) is 6.07 Å². The highest BCUT2D eigenvalue weighted by Crippen LogP contribution is 2.21. The van der Waals surface area contributed by atoms with E-state index < -0.39 is 12.8 Å². The molecule has 110 valence electrons. The highest BCUT2D eigenvalue weighted by molar-refractivity contribution is 14.1. The molecule has 1 aromatic rings. The van der Waals surface area contributed by atoms with Crippen molar-refractivity contribution >= 4 is 28.5 Å². The van der Waals surface area contributed by atoms with Gasteiger partial charge in [-0.3, -0.25) is 4.79 Å². The lowest BCUT2D eigenvalue weighted by Gasteiger charge is -2.28. The van der Waals surface area contributed by atoms with E-state index in [-0.39, 0.29) is 19.1 Å². The highest BCUT2D eigenvalue weighted by Gasteiger charge is 2.28. The Morgan fingerprint density at radius 3 is 2.80 bits per heavy atom. The van der Waals surface area contributed by atoms with Crippen LogP contribution in [0.5, 0.6) is 0 Å². The van der Waals surface area contributed by atoms with E-state index in [0.717, 1.165) is 15.6 Å². The molecule has 0 unspecified atom stereocenters. The van der Waals surface area contributed by atoms with Crippen LogP contribution in [0.4, 0.5) is 13.2 Å². The van der Waals surface area contributed by atoms with Crippen LogP contribution in [0.1, 0.15) is 15.9 Å². The Morgan fingerprint density at radius 1 is 1.35 bits per heavy atom. The van der Waals surface area contributed by atoms with Gasteiger partial charge in [0.1, 0.15) is 6.61 Å². The number of alkyl halides is 3. The largest absolute Gasteiger partial charge is 0.411 e. The van der Waals surface area contributed by atoms with Crippen molar-refractivity contribution in [3.63, 3.8) is 0 Å². The van der Waals surface area contributed by atoms with Gasteiger partial charge in [0, 0.05) is 22.2 Å². The molecule has 1 aromatic carbocycles. The molecule has 0 radical (unpaired) electrons. The van der Waals surface area contributed by atoms with E-state index in [0.29, 0.717) is 12.1 Å². The third-order valence-corrected chi connectivity index (χ3v) is 3.68. The van der Waals surface area contributed by atoms with Crippen molar-refractivity contribution in [3.8, 4) is 0 Å². The SMILES string of the molecule is O=C1c2cc(I)ccc2CCN1CCOCC(F)(F)F. The number of carbonyl (C=O) groups excluding carboxylic acids is 1. The molecule has 1 aliphatic heterocycles. The molecule has 0 N–H and O–H groups in total. The first-order chi connectivity index (χ1) is 9.37. The molecule has 0 saturated heterocycles. The first-order valence-corrected chi connectivity index (χ1v) is 7.17. The van der Waals surface area contributed by atoms with Crippen LogP contribution in [0.2, 0.25) is 0 Å². The Labute approximate surface area is 128 Å². The van der Waals surface area contributed by atoms with Crippen molar-refractivity contribution in [1.82, 2.24) is 4.90 Å². The lowest BCUT2D eigenvalue weighted by Crippen LogP contribution is -2.40. The third-order valence-electron chi connectivity index (χ3n) is 3.01. The minimum atomic E-state index is -4.32. The van der Waals surface area contributed by atoms with Crippen LogP contribution in [0.25, 0.3) is 0 Å². The van der Waals surface area contributed by atoms with Gasteiger partial charge < -0.3 is 9.64 Å². The molecule has 0 spiro atoms. The van der Waals surface area contributed by atoms with E-state index in [1.165, 1.54) is 4.90 Å². The summed E-state index contributed by atoms with van der Waals surface area (Å²) in [5.41, 5.74) is 1.63. The maximum Gasteiger partial charge on any atom is 0.411 e. The average molecular weight is 399 g/mol. The molecule has 0 saturated carbocycles. The first kappa shape index (κ1) is 15.6. The van der Waals surface area contributed by atoms with Crippen LogP contribution in [0.3, 0.4) is 0 Å². The van der Waals surface area contributed by atoms with Crippen molar-refractivity contribution in [1.29, 1.82) is 0 Å². The van der Waals surface area contributed by atoms with Crippen LogP contribution >= 0.6 is 22.6 Å². The lowest BCUT2D eigenvalue weighted by atomic mass is 9.99. The summed E-state index contributed by atoms with van der Waals surface area (Å²) < 4.78 is 41.3. The first-order valence-electron chi connectivity index (χ1n) is 6.09. The summed E-state index contributed by atoms with van der Waals surface area (Å²) in [5, 5.41) is 0. The smallest absolute Gasteiger partial charge is 0.370 e. The fraction of sp³-hybridized carbons (Fsp3) is 0.462. The number of amides is 1. The number of hydrogen-bond acceptors (Lipinski definition) is 2. The van der Waals surface area contributed by atoms with E-state index >= 15 is 0 Å². The Bertz CT molecular complexity index is 505. The molecule has 0 atom stereocenters. The number of carbonyl (C=O) groups is 1. The van der Waals surface area contributed by atoms with Gasteiger partial charge in [0.25, 0.3) is 5.91 Å². The minimum absolute atomic E-state index is 0.107. The van der Waals surface area contributed by atoms with Gasteiger partial charge in [0.2, 0.25) is 0 Å². The second kappa shape index (κ2) is 6.30. The third kappa shape index (κ3) is 4.08. The second-order valence-electron chi connectivity index (χ2n) is 4.51. The molecular weight excluding hydrogens is 386 g/mol. The summed E-state index contributed by atoms with van der Waals surface area (Å²) in [7, 11) is 0. The number of ether oxygens (including phenoxy) is 1. The fourth-order valence-corrected chi connectivity index (χ4v) is 2.56. The maximum absolute atomic E-state index is 12.2. The number of fused-ring (bicyclic) bond motifs is 1. The van der Waals surface area contributed by atoms with Gasteiger partial charge in [-0.2, -0.15) is 13.2 Å². The average Bonchev–Trinajstić information content (AvgIpc) is 2.36. The highest BCUT2D eigenvalue weighted by atomic mass is 127. The van der Waals surface area contributed by atoms with E-state index in [9.17, 15) is 18.0 Å². The predicted molar refractivity (Wildman–Crippen MR) is 75.6 cm³/mol. The molecule has 0 fully saturated rings. The van der Waals surface area contributed by atoms with E-state index in [2.05, 4.69) is 27.3 Å². The second-order valence-corrected chi connectivity index (χ2v) is 5.76. The normalized spacial score (nSPS) is 15.4. The maximum atomic E-state index is 12.2. The Morgan fingerprint density at radius 2 is 2.10 bits per heavy atom. The van der Waals surface area contributed by atoms with Crippen molar-refractivity contribution in [2.45, 2.75) is 12.6 Å². The lowest BCUT2D eigenvalue weighted by molar-refractivity contribution is -0.174. The molecule has 1 amide bonds. The van der Waals surface area contributed by atoms with Gasteiger partial charge >= 0.3 is 6.18 Å².